The van der Waals surface area contributed by atoms with E-state index < -0.39 is 0 Å². The Hall–Kier alpha value is -2.95. The van der Waals surface area contributed by atoms with Crippen LogP contribution in [0.3, 0.4) is 0 Å². The molecule has 1 heterocycles. The van der Waals surface area contributed by atoms with Crippen LogP contribution >= 0.6 is 0 Å². The Kier molecular flexibility index (Phi) is 3.70. The fraction of sp³-hybridized carbons (Fsp3) is 0.118. The standard InChI is InChI=1S/C17H16N2O3/c20-15-7-6-12(9-16(15)21)19-17(22)8-5-11-10-18-14-4-2-1-3-13(11)14/h1-4,6-7,9-10,18,20-21H,5,8H2,(H,19,22). The molecule has 5 heteroatoms. The van der Waals surface area contributed by atoms with Gasteiger partial charge in [0.2, 0.25) is 5.91 Å². The van der Waals surface area contributed by atoms with Gasteiger partial charge in [-0.1, -0.05) is 18.2 Å². The molecule has 3 rings (SSSR count). The number of amides is 1. The molecule has 0 bridgehead atoms. The topological polar surface area (TPSA) is 85.4 Å². The summed E-state index contributed by atoms with van der Waals surface area (Å²) in [6, 6.07) is 12.2. The van der Waals surface area contributed by atoms with Crippen LogP contribution in [0, 0.1) is 0 Å². The minimum absolute atomic E-state index is 0.143. The van der Waals surface area contributed by atoms with E-state index in [9.17, 15) is 15.0 Å². The predicted molar refractivity (Wildman–Crippen MR) is 85.0 cm³/mol. The van der Waals surface area contributed by atoms with Gasteiger partial charge in [0.15, 0.2) is 11.5 Å². The summed E-state index contributed by atoms with van der Waals surface area (Å²) < 4.78 is 0. The third-order valence-corrected chi connectivity index (χ3v) is 3.56. The summed E-state index contributed by atoms with van der Waals surface area (Å²) >= 11 is 0. The van der Waals surface area contributed by atoms with Gasteiger partial charge in [0.25, 0.3) is 0 Å². The first-order valence-corrected chi connectivity index (χ1v) is 7.00. The van der Waals surface area contributed by atoms with Crippen molar-refractivity contribution in [1.82, 2.24) is 4.98 Å². The highest BCUT2D eigenvalue weighted by Gasteiger charge is 2.08. The number of benzene rings is 2. The zero-order valence-electron chi connectivity index (χ0n) is 11.8. The van der Waals surface area contributed by atoms with Gasteiger partial charge in [-0.3, -0.25) is 4.79 Å². The van der Waals surface area contributed by atoms with Gasteiger partial charge in [0, 0.05) is 35.3 Å². The van der Waals surface area contributed by atoms with E-state index in [0.29, 0.717) is 18.5 Å². The molecule has 22 heavy (non-hydrogen) atoms. The highest BCUT2D eigenvalue weighted by atomic mass is 16.3. The van der Waals surface area contributed by atoms with Gasteiger partial charge >= 0.3 is 0 Å². The maximum Gasteiger partial charge on any atom is 0.224 e. The molecule has 0 saturated carbocycles. The maximum atomic E-state index is 12.0. The van der Waals surface area contributed by atoms with Crippen LogP contribution in [0.4, 0.5) is 5.69 Å². The number of hydrogen-bond acceptors (Lipinski definition) is 3. The molecule has 3 aromatic rings. The fourth-order valence-corrected chi connectivity index (χ4v) is 2.41. The number of aromatic nitrogens is 1. The van der Waals surface area contributed by atoms with Crippen molar-refractivity contribution in [3.05, 3.63) is 54.2 Å². The SMILES string of the molecule is O=C(CCc1c[nH]c2ccccc12)Nc1ccc(O)c(O)c1. The smallest absolute Gasteiger partial charge is 0.224 e. The summed E-state index contributed by atoms with van der Waals surface area (Å²) in [5, 5.41) is 22.5. The summed E-state index contributed by atoms with van der Waals surface area (Å²) in [7, 11) is 0. The van der Waals surface area contributed by atoms with Crippen LogP contribution < -0.4 is 5.32 Å². The second kappa shape index (κ2) is 5.81. The van der Waals surface area contributed by atoms with Crippen LogP contribution in [0.15, 0.2) is 48.7 Å². The molecule has 2 aromatic carbocycles. The maximum absolute atomic E-state index is 12.0. The number of rotatable bonds is 4. The second-order valence-electron chi connectivity index (χ2n) is 5.11. The second-order valence-corrected chi connectivity index (χ2v) is 5.11. The van der Waals surface area contributed by atoms with Crippen molar-refractivity contribution >= 4 is 22.5 Å². The Morgan fingerprint density at radius 1 is 1.09 bits per heavy atom. The number of para-hydroxylation sites is 1. The van der Waals surface area contributed by atoms with Crippen LogP contribution in [0.25, 0.3) is 10.9 Å². The Morgan fingerprint density at radius 2 is 1.91 bits per heavy atom. The normalized spacial score (nSPS) is 10.7. The minimum Gasteiger partial charge on any atom is -0.504 e. The van der Waals surface area contributed by atoms with E-state index >= 15 is 0 Å². The van der Waals surface area contributed by atoms with Crippen LogP contribution in [-0.4, -0.2) is 21.1 Å². The molecule has 4 N–H and O–H groups in total. The Bertz CT molecular complexity index is 824. The van der Waals surface area contributed by atoms with Crippen molar-refractivity contribution in [1.29, 1.82) is 0 Å². The molecule has 0 aliphatic heterocycles. The van der Waals surface area contributed by atoms with Crippen LogP contribution in [-0.2, 0) is 11.2 Å². The van der Waals surface area contributed by atoms with E-state index in [2.05, 4.69) is 10.3 Å². The van der Waals surface area contributed by atoms with Gasteiger partial charge in [-0.2, -0.15) is 0 Å². The average Bonchev–Trinajstić information content (AvgIpc) is 2.92. The Morgan fingerprint density at radius 3 is 2.73 bits per heavy atom. The number of nitrogens with one attached hydrogen (secondary N) is 2. The van der Waals surface area contributed by atoms with Crippen molar-refractivity contribution in [2.45, 2.75) is 12.8 Å². The average molecular weight is 296 g/mol. The lowest BCUT2D eigenvalue weighted by Crippen LogP contribution is -2.12. The molecule has 112 valence electrons. The number of aromatic amines is 1. The molecule has 0 aliphatic carbocycles. The van der Waals surface area contributed by atoms with Crippen LogP contribution in [0.2, 0.25) is 0 Å². The molecule has 0 fully saturated rings. The monoisotopic (exact) mass is 296 g/mol. The summed E-state index contributed by atoms with van der Waals surface area (Å²) in [5.74, 6) is -0.610. The van der Waals surface area contributed by atoms with Gasteiger partial charge in [-0.15, -0.1) is 0 Å². The largest absolute Gasteiger partial charge is 0.504 e. The van der Waals surface area contributed by atoms with Gasteiger partial charge in [-0.25, -0.2) is 0 Å². The molecule has 0 spiro atoms. The number of phenols is 2. The highest BCUT2D eigenvalue weighted by molar-refractivity contribution is 5.92. The van der Waals surface area contributed by atoms with Gasteiger partial charge in [0.1, 0.15) is 0 Å². The van der Waals surface area contributed by atoms with Crippen molar-refractivity contribution < 1.29 is 15.0 Å². The number of hydrogen-bond donors (Lipinski definition) is 4. The Labute approximate surface area is 127 Å². The third-order valence-electron chi connectivity index (χ3n) is 3.56. The van der Waals surface area contributed by atoms with Crippen LogP contribution in [0.5, 0.6) is 11.5 Å². The number of anilines is 1. The first-order chi connectivity index (χ1) is 10.6. The molecule has 0 saturated heterocycles. The van der Waals surface area contributed by atoms with E-state index in [0.717, 1.165) is 16.5 Å². The Balaban J connectivity index is 1.63. The summed E-state index contributed by atoms with van der Waals surface area (Å²) in [5.41, 5.74) is 2.61. The number of carbonyl (C=O) groups excluding carboxylic acids is 1. The number of phenolic OH excluding ortho intramolecular Hbond substituents is 2. The minimum atomic E-state index is -0.255. The lowest BCUT2D eigenvalue weighted by Gasteiger charge is -2.06. The van der Waals surface area contributed by atoms with Gasteiger partial charge in [0.05, 0.1) is 0 Å². The van der Waals surface area contributed by atoms with Crippen molar-refractivity contribution in [3.8, 4) is 11.5 Å². The van der Waals surface area contributed by atoms with Crippen molar-refractivity contribution in [2.75, 3.05) is 5.32 Å². The fourth-order valence-electron chi connectivity index (χ4n) is 2.41. The van der Waals surface area contributed by atoms with E-state index in [4.69, 9.17) is 0 Å². The number of carbonyl (C=O) groups is 1. The predicted octanol–water partition coefficient (Wildman–Crippen LogP) is 3.15. The molecular weight excluding hydrogens is 280 g/mol. The lowest BCUT2D eigenvalue weighted by atomic mass is 10.1. The van der Waals surface area contributed by atoms with Gasteiger partial charge in [-0.05, 0) is 30.2 Å². The first kappa shape index (κ1) is 14.0. The zero-order chi connectivity index (χ0) is 15.5. The van der Waals surface area contributed by atoms with Crippen molar-refractivity contribution in [2.24, 2.45) is 0 Å². The summed E-state index contributed by atoms with van der Waals surface area (Å²) in [6.07, 6.45) is 2.88. The van der Waals surface area contributed by atoms with Crippen molar-refractivity contribution in [3.63, 3.8) is 0 Å². The van der Waals surface area contributed by atoms with Gasteiger partial charge < -0.3 is 20.5 Å². The molecule has 0 unspecified atom stereocenters. The van der Waals surface area contributed by atoms with E-state index in [1.807, 2.05) is 30.5 Å². The zero-order valence-corrected chi connectivity index (χ0v) is 11.8. The first-order valence-electron chi connectivity index (χ1n) is 7.00. The molecule has 0 aliphatic rings. The number of H-pyrrole nitrogens is 1. The summed E-state index contributed by atoms with van der Waals surface area (Å²) in [6.45, 7) is 0. The number of aryl methyl sites for hydroxylation is 1. The highest BCUT2D eigenvalue weighted by Crippen LogP contribution is 2.27. The number of aromatic hydroxyl groups is 2. The molecule has 5 nitrogen and oxygen atoms in total. The third kappa shape index (κ3) is 2.88. The quantitative estimate of drug-likeness (QED) is 0.441. The summed E-state index contributed by atoms with van der Waals surface area (Å²) in [4.78, 5) is 15.2. The van der Waals surface area contributed by atoms with Crippen LogP contribution in [0.1, 0.15) is 12.0 Å². The van der Waals surface area contributed by atoms with E-state index in [1.165, 1.54) is 12.1 Å². The molecule has 0 atom stereocenters. The van der Waals surface area contributed by atoms with E-state index in [-0.39, 0.29) is 17.4 Å². The molecular formula is C17H16N2O3. The molecule has 1 amide bonds. The number of fused-ring (bicyclic) bond motifs is 1. The molecule has 0 radical (unpaired) electrons. The molecule has 1 aromatic heterocycles. The lowest BCUT2D eigenvalue weighted by molar-refractivity contribution is -0.116. The van der Waals surface area contributed by atoms with E-state index in [1.54, 1.807) is 6.07 Å².